The predicted molar refractivity (Wildman–Crippen MR) is 80.5 cm³/mol. The van der Waals surface area contributed by atoms with Crippen LogP contribution in [0.3, 0.4) is 0 Å². The summed E-state index contributed by atoms with van der Waals surface area (Å²) in [6.45, 7) is 1.05. The molecule has 0 bridgehead atoms. The first-order valence-electron chi connectivity index (χ1n) is 7.45. The van der Waals surface area contributed by atoms with Gasteiger partial charge in [-0.2, -0.15) is 0 Å². The molecule has 0 amide bonds. The van der Waals surface area contributed by atoms with Gasteiger partial charge in [0, 0.05) is 18.1 Å². The summed E-state index contributed by atoms with van der Waals surface area (Å²) in [4.78, 5) is 25.6. The quantitative estimate of drug-likeness (QED) is 0.338. The maximum absolute atomic E-state index is 12.9. The molecule has 1 fully saturated rings. The summed E-state index contributed by atoms with van der Waals surface area (Å²) in [7, 11) is 1.26. The Bertz CT molecular complexity index is 786. The lowest BCUT2D eigenvalue weighted by Gasteiger charge is -2.55. The number of aliphatic hydroxyl groups excluding tert-OH is 2. The number of hydrogen-bond donors (Lipinski definition) is 6. The summed E-state index contributed by atoms with van der Waals surface area (Å²) in [5, 5.41) is 62.1. The normalized spacial score (nSPS) is 40.4. The zero-order valence-corrected chi connectivity index (χ0v) is 13.4. The second kappa shape index (κ2) is 4.99. The van der Waals surface area contributed by atoms with Crippen molar-refractivity contribution in [3.05, 3.63) is 23.3 Å². The molecule has 9 heteroatoms. The van der Waals surface area contributed by atoms with E-state index in [4.69, 9.17) is 4.74 Å². The molecule has 0 aliphatic heterocycles. The fourth-order valence-corrected chi connectivity index (χ4v) is 3.70. The van der Waals surface area contributed by atoms with Crippen LogP contribution in [0.2, 0.25) is 0 Å². The summed E-state index contributed by atoms with van der Waals surface area (Å²) in [6.07, 6.45) is -5.29. The van der Waals surface area contributed by atoms with Crippen LogP contribution in [0.25, 0.3) is 0 Å². The molecule has 0 radical (unpaired) electrons. The third-order valence-electron chi connectivity index (χ3n) is 5.13. The number of ketones is 2. The molecule has 1 aromatic rings. The van der Waals surface area contributed by atoms with Crippen LogP contribution in [0, 0.1) is 0 Å². The molecule has 5 atom stereocenters. The number of rotatable bonds is 1. The van der Waals surface area contributed by atoms with Gasteiger partial charge < -0.3 is 35.4 Å². The van der Waals surface area contributed by atoms with E-state index < -0.39 is 63.9 Å². The highest BCUT2D eigenvalue weighted by Crippen LogP contribution is 2.50. The Hall–Kier alpha value is -2.04. The zero-order chi connectivity index (χ0) is 18.9. The van der Waals surface area contributed by atoms with E-state index >= 15 is 0 Å². The fourth-order valence-electron chi connectivity index (χ4n) is 3.70. The number of benzene rings is 1. The Kier molecular flexibility index (Phi) is 3.55. The van der Waals surface area contributed by atoms with E-state index in [1.165, 1.54) is 7.11 Å². The number of phenols is 1. The standard InChI is InChI=1S/C16H18O9/c1-14(22)5-15(23)10(18)7-3-6(25-2)4-8(17)9(7)11(19)16(15,24)13(21)12(14)20/h3-4,12-13,17,20-24H,5H2,1-2H3. The van der Waals surface area contributed by atoms with Gasteiger partial charge in [-0.25, -0.2) is 0 Å². The summed E-state index contributed by atoms with van der Waals surface area (Å²) in [5.74, 6) is -3.20. The van der Waals surface area contributed by atoms with Gasteiger partial charge in [0.05, 0.1) is 18.3 Å². The minimum absolute atomic E-state index is 0.0228. The lowest BCUT2D eigenvalue weighted by atomic mass is 9.55. The van der Waals surface area contributed by atoms with E-state index in [1.807, 2.05) is 0 Å². The lowest BCUT2D eigenvalue weighted by Crippen LogP contribution is -2.80. The molecular formula is C16H18O9. The average Bonchev–Trinajstić information content (AvgIpc) is 2.54. The number of Topliss-reactive ketones (excluding diaryl/α,β-unsaturated/α-hetero) is 2. The summed E-state index contributed by atoms with van der Waals surface area (Å²) in [5.41, 5.74) is -9.23. The van der Waals surface area contributed by atoms with Crippen LogP contribution in [-0.2, 0) is 0 Å². The van der Waals surface area contributed by atoms with Crippen LogP contribution in [0.15, 0.2) is 12.1 Å². The number of methoxy groups -OCH3 is 1. The van der Waals surface area contributed by atoms with Gasteiger partial charge in [0.15, 0.2) is 17.0 Å². The molecule has 9 nitrogen and oxygen atoms in total. The van der Waals surface area contributed by atoms with Crippen LogP contribution in [-0.4, -0.2) is 78.3 Å². The second-order valence-corrected chi connectivity index (χ2v) is 6.78. The van der Waals surface area contributed by atoms with Crippen LogP contribution in [0.4, 0.5) is 0 Å². The maximum atomic E-state index is 12.9. The van der Waals surface area contributed by atoms with E-state index in [0.29, 0.717) is 0 Å². The second-order valence-electron chi connectivity index (χ2n) is 6.78. The van der Waals surface area contributed by atoms with Crippen LogP contribution in [0.1, 0.15) is 34.1 Å². The van der Waals surface area contributed by atoms with Gasteiger partial charge in [-0.3, -0.25) is 9.59 Å². The van der Waals surface area contributed by atoms with Crippen molar-refractivity contribution >= 4 is 11.6 Å². The Morgan fingerprint density at radius 1 is 1.08 bits per heavy atom. The maximum Gasteiger partial charge on any atom is 0.205 e. The average molecular weight is 354 g/mol. The van der Waals surface area contributed by atoms with Gasteiger partial charge in [0.2, 0.25) is 5.78 Å². The number of aliphatic hydroxyl groups is 5. The summed E-state index contributed by atoms with van der Waals surface area (Å²) < 4.78 is 4.91. The van der Waals surface area contributed by atoms with Gasteiger partial charge >= 0.3 is 0 Å². The molecule has 25 heavy (non-hydrogen) atoms. The Labute approximate surface area is 141 Å². The van der Waals surface area contributed by atoms with E-state index in [-0.39, 0.29) is 5.75 Å². The summed E-state index contributed by atoms with van der Waals surface area (Å²) >= 11 is 0. The van der Waals surface area contributed by atoms with Crippen molar-refractivity contribution in [2.75, 3.05) is 7.11 Å². The largest absolute Gasteiger partial charge is 0.507 e. The minimum Gasteiger partial charge on any atom is -0.507 e. The molecule has 2 aliphatic rings. The molecule has 0 spiro atoms. The van der Waals surface area contributed by atoms with Crippen molar-refractivity contribution in [3.8, 4) is 11.5 Å². The van der Waals surface area contributed by atoms with Crippen molar-refractivity contribution in [1.29, 1.82) is 0 Å². The first-order chi connectivity index (χ1) is 11.4. The SMILES string of the molecule is COc1cc(O)c2c(c1)C(=O)C1(O)CC(C)(O)C(O)C(O)C1(O)C2=O. The van der Waals surface area contributed by atoms with E-state index in [9.17, 15) is 40.2 Å². The molecule has 0 aromatic heterocycles. The molecular weight excluding hydrogens is 336 g/mol. The molecule has 1 aromatic carbocycles. The smallest absolute Gasteiger partial charge is 0.205 e. The number of carbonyl (C=O) groups excluding carboxylic acids is 2. The van der Waals surface area contributed by atoms with Gasteiger partial charge in [-0.05, 0) is 13.0 Å². The Morgan fingerprint density at radius 3 is 2.24 bits per heavy atom. The van der Waals surface area contributed by atoms with Gasteiger partial charge in [0.1, 0.15) is 23.7 Å². The Balaban J connectivity index is 2.33. The van der Waals surface area contributed by atoms with Crippen molar-refractivity contribution in [2.24, 2.45) is 0 Å². The highest BCUT2D eigenvalue weighted by molar-refractivity contribution is 6.23. The van der Waals surface area contributed by atoms with Crippen molar-refractivity contribution in [2.45, 2.75) is 42.4 Å². The molecule has 2 aliphatic carbocycles. The first kappa shape index (κ1) is 17.8. The van der Waals surface area contributed by atoms with E-state index in [0.717, 1.165) is 19.1 Å². The van der Waals surface area contributed by atoms with Crippen LogP contribution >= 0.6 is 0 Å². The molecule has 136 valence electrons. The molecule has 0 heterocycles. The zero-order valence-electron chi connectivity index (χ0n) is 13.4. The lowest BCUT2D eigenvalue weighted by molar-refractivity contribution is -0.260. The highest BCUT2D eigenvalue weighted by atomic mass is 16.5. The summed E-state index contributed by atoms with van der Waals surface area (Å²) in [6, 6.07) is 2.12. The van der Waals surface area contributed by atoms with Gasteiger partial charge in [-0.15, -0.1) is 0 Å². The number of aromatic hydroxyl groups is 1. The molecule has 3 rings (SSSR count). The molecule has 0 saturated heterocycles. The van der Waals surface area contributed by atoms with Gasteiger partial charge in [0.25, 0.3) is 0 Å². The monoisotopic (exact) mass is 354 g/mol. The number of ether oxygens (including phenoxy) is 1. The van der Waals surface area contributed by atoms with E-state index in [1.54, 1.807) is 0 Å². The number of carbonyl (C=O) groups is 2. The van der Waals surface area contributed by atoms with Crippen molar-refractivity contribution in [1.82, 2.24) is 0 Å². The Morgan fingerprint density at radius 2 is 1.68 bits per heavy atom. The molecule has 1 saturated carbocycles. The third-order valence-corrected chi connectivity index (χ3v) is 5.13. The van der Waals surface area contributed by atoms with E-state index in [2.05, 4.69) is 0 Å². The third kappa shape index (κ3) is 1.95. The number of hydrogen-bond acceptors (Lipinski definition) is 9. The van der Waals surface area contributed by atoms with Crippen molar-refractivity contribution < 1.29 is 45.0 Å². The molecule has 5 unspecified atom stereocenters. The van der Waals surface area contributed by atoms with Gasteiger partial charge in [-0.1, -0.05) is 0 Å². The highest BCUT2D eigenvalue weighted by Gasteiger charge is 2.74. The minimum atomic E-state index is -3.13. The molecule has 6 N–H and O–H groups in total. The fraction of sp³-hybridized carbons (Fsp3) is 0.500. The van der Waals surface area contributed by atoms with Crippen LogP contribution in [0.5, 0.6) is 11.5 Å². The number of fused-ring (bicyclic) bond motifs is 2. The number of phenolic OH excluding ortho intramolecular Hbond substituents is 1. The predicted octanol–water partition coefficient (Wildman–Crippen LogP) is -1.88. The van der Waals surface area contributed by atoms with Crippen LogP contribution < -0.4 is 4.74 Å². The topological polar surface area (TPSA) is 165 Å². The van der Waals surface area contributed by atoms with Crippen molar-refractivity contribution in [3.63, 3.8) is 0 Å². The first-order valence-corrected chi connectivity index (χ1v) is 7.45.